The van der Waals surface area contributed by atoms with E-state index >= 15 is 0 Å². The maximum Gasteiger partial charge on any atom is 0.214 e. The van der Waals surface area contributed by atoms with E-state index in [1.165, 1.54) is 0 Å². The second-order valence-corrected chi connectivity index (χ2v) is 3.35. The molecule has 16 heavy (non-hydrogen) atoms. The van der Waals surface area contributed by atoms with Gasteiger partial charge in [-0.3, -0.25) is 0 Å². The zero-order valence-corrected chi connectivity index (χ0v) is 9.23. The van der Waals surface area contributed by atoms with Crippen LogP contribution in [0.2, 0.25) is 0 Å². The first kappa shape index (κ1) is 10.5. The van der Waals surface area contributed by atoms with Crippen LogP contribution in [-0.2, 0) is 6.54 Å². The van der Waals surface area contributed by atoms with Gasteiger partial charge < -0.3 is 14.6 Å². The molecule has 5 nitrogen and oxygen atoms in total. The number of hydrogen-bond acceptors (Lipinski definition) is 5. The normalized spacial score (nSPS) is 10.1. The highest BCUT2D eigenvalue weighted by molar-refractivity contribution is 5.37. The first-order chi connectivity index (χ1) is 7.78. The molecular weight excluding hydrogens is 206 g/mol. The van der Waals surface area contributed by atoms with Gasteiger partial charge in [-0.25, -0.2) is 0 Å². The van der Waals surface area contributed by atoms with E-state index in [1.54, 1.807) is 13.2 Å². The third kappa shape index (κ3) is 2.50. The number of hydrogen-bond donors (Lipinski definition) is 1. The summed E-state index contributed by atoms with van der Waals surface area (Å²) in [6.07, 6.45) is 0. The van der Waals surface area contributed by atoms with Gasteiger partial charge in [-0.1, -0.05) is 11.2 Å². The third-order valence-corrected chi connectivity index (χ3v) is 2.05. The van der Waals surface area contributed by atoms with Crippen molar-refractivity contribution in [2.45, 2.75) is 13.5 Å². The summed E-state index contributed by atoms with van der Waals surface area (Å²) >= 11 is 0. The Kier molecular flexibility index (Phi) is 3.05. The van der Waals surface area contributed by atoms with Crippen molar-refractivity contribution in [2.24, 2.45) is 0 Å². The smallest absolute Gasteiger partial charge is 0.214 e. The monoisotopic (exact) mass is 219 g/mol. The first-order valence-corrected chi connectivity index (χ1v) is 4.95. The number of anilines is 1. The quantitative estimate of drug-likeness (QED) is 0.852. The molecule has 0 unspecified atom stereocenters. The summed E-state index contributed by atoms with van der Waals surface area (Å²) in [6, 6.07) is 7.42. The number of ether oxygens (including phenoxy) is 1. The molecule has 0 spiro atoms. The number of nitrogens with one attached hydrogen (secondary N) is 1. The van der Waals surface area contributed by atoms with Gasteiger partial charge in [0.25, 0.3) is 0 Å². The second-order valence-electron chi connectivity index (χ2n) is 3.35. The van der Waals surface area contributed by atoms with Crippen molar-refractivity contribution in [3.63, 3.8) is 0 Å². The Morgan fingerprint density at radius 1 is 1.44 bits per heavy atom. The molecule has 0 aliphatic carbocycles. The number of nitrogens with zero attached hydrogens (tertiary/aromatic N) is 2. The lowest BCUT2D eigenvalue weighted by Crippen LogP contribution is -2.00. The second kappa shape index (κ2) is 4.65. The van der Waals surface area contributed by atoms with Crippen molar-refractivity contribution >= 4 is 5.82 Å². The Morgan fingerprint density at radius 3 is 3.00 bits per heavy atom. The Morgan fingerprint density at radius 2 is 2.31 bits per heavy atom. The van der Waals surface area contributed by atoms with Crippen LogP contribution in [0, 0.1) is 6.92 Å². The van der Waals surface area contributed by atoms with Crippen molar-refractivity contribution in [3.8, 4) is 5.88 Å². The molecule has 2 aromatic rings. The maximum atomic E-state index is 5.07. The molecule has 1 N–H and O–H groups in total. The minimum Gasteiger partial charge on any atom is -0.481 e. The van der Waals surface area contributed by atoms with Crippen molar-refractivity contribution < 1.29 is 9.26 Å². The van der Waals surface area contributed by atoms with Crippen LogP contribution >= 0.6 is 0 Å². The molecule has 5 heteroatoms. The number of rotatable bonds is 4. The highest BCUT2D eigenvalue weighted by atomic mass is 16.5. The van der Waals surface area contributed by atoms with Gasteiger partial charge in [0.15, 0.2) is 5.76 Å². The Hall–Kier alpha value is -2.04. The molecule has 0 aliphatic heterocycles. The van der Waals surface area contributed by atoms with Crippen LogP contribution in [0.15, 0.2) is 28.8 Å². The van der Waals surface area contributed by atoms with Gasteiger partial charge >= 0.3 is 0 Å². The largest absolute Gasteiger partial charge is 0.481 e. The third-order valence-electron chi connectivity index (χ3n) is 2.05. The molecule has 84 valence electrons. The Bertz CT molecular complexity index is 468. The van der Waals surface area contributed by atoms with E-state index in [1.807, 2.05) is 25.1 Å². The molecule has 0 aliphatic rings. The molecule has 2 heterocycles. The van der Waals surface area contributed by atoms with Crippen LogP contribution < -0.4 is 10.1 Å². The summed E-state index contributed by atoms with van der Waals surface area (Å²) in [5.74, 6) is 2.11. The van der Waals surface area contributed by atoms with E-state index in [2.05, 4.69) is 15.5 Å². The summed E-state index contributed by atoms with van der Waals surface area (Å²) in [6.45, 7) is 2.44. The van der Waals surface area contributed by atoms with Crippen LogP contribution in [0.3, 0.4) is 0 Å². The zero-order chi connectivity index (χ0) is 11.4. The predicted molar refractivity (Wildman–Crippen MR) is 59.4 cm³/mol. The lowest BCUT2D eigenvalue weighted by molar-refractivity contribution is 0.383. The fourth-order valence-corrected chi connectivity index (χ4v) is 1.30. The molecule has 0 atom stereocenters. The van der Waals surface area contributed by atoms with Crippen LogP contribution in [-0.4, -0.2) is 17.3 Å². The highest BCUT2D eigenvalue weighted by Crippen LogP contribution is 2.12. The van der Waals surface area contributed by atoms with Crippen LogP contribution in [0.5, 0.6) is 5.88 Å². The molecule has 0 bridgehead atoms. The predicted octanol–water partition coefficient (Wildman–Crippen LogP) is 2.00. The number of aryl methyl sites for hydroxylation is 1. The van der Waals surface area contributed by atoms with Gasteiger partial charge in [-0.15, -0.1) is 0 Å². The maximum absolute atomic E-state index is 5.07. The minimum atomic E-state index is 0.557. The molecule has 0 amide bonds. The van der Waals surface area contributed by atoms with Crippen molar-refractivity contribution in [1.82, 2.24) is 10.1 Å². The van der Waals surface area contributed by atoms with Crippen LogP contribution in [0.4, 0.5) is 5.82 Å². The lowest BCUT2D eigenvalue weighted by atomic mass is 10.4. The zero-order valence-electron chi connectivity index (χ0n) is 9.23. The minimum absolute atomic E-state index is 0.557. The molecule has 0 aromatic carbocycles. The molecule has 0 fully saturated rings. The van der Waals surface area contributed by atoms with E-state index in [9.17, 15) is 0 Å². The summed E-state index contributed by atoms with van der Waals surface area (Å²) < 4.78 is 10.1. The molecular formula is C11H13N3O2. The first-order valence-electron chi connectivity index (χ1n) is 4.95. The average Bonchev–Trinajstić information content (AvgIpc) is 2.73. The summed E-state index contributed by atoms with van der Waals surface area (Å²) in [7, 11) is 1.59. The van der Waals surface area contributed by atoms with Gasteiger partial charge in [0.2, 0.25) is 5.88 Å². The summed E-state index contributed by atoms with van der Waals surface area (Å²) in [5, 5.41) is 6.93. The van der Waals surface area contributed by atoms with Gasteiger partial charge in [0.05, 0.1) is 19.3 Å². The SMILES string of the molecule is COc1cccc(NCc2cc(C)no2)n1. The van der Waals surface area contributed by atoms with Gasteiger partial charge in [0, 0.05) is 12.1 Å². The molecule has 2 rings (SSSR count). The lowest BCUT2D eigenvalue weighted by Gasteiger charge is -2.04. The van der Waals surface area contributed by atoms with Crippen LogP contribution in [0.1, 0.15) is 11.5 Å². The Labute approximate surface area is 93.4 Å². The van der Waals surface area contributed by atoms with Crippen molar-refractivity contribution in [3.05, 3.63) is 35.7 Å². The van der Waals surface area contributed by atoms with E-state index in [4.69, 9.17) is 9.26 Å². The molecule has 0 saturated carbocycles. The van der Waals surface area contributed by atoms with E-state index in [0.29, 0.717) is 12.4 Å². The molecule has 2 aromatic heterocycles. The highest BCUT2D eigenvalue weighted by Gasteiger charge is 2.01. The standard InChI is InChI=1S/C11H13N3O2/c1-8-6-9(16-14-8)7-12-10-4-3-5-11(13-10)15-2/h3-6H,7H2,1-2H3,(H,12,13). The van der Waals surface area contributed by atoms with E-state index < -0.39 is 0 Å². The average molecular weight is 219 g/mol. The van der Waals surface area contributed by atoms with Crippen molar-refractivity contribution in [2.75, 3.05) is 12.4 Å². The fraction of sp³-hybridized carbons (Fsp3) is 0.273. The summed E-state index contributed by atoms with van der Waals surface area (Å²) in [5.41, 5.74) is 0.871. The number of aromatic nitrogens is 2. The van der Waals surface area contributed by atoms with Gasteiger partial charge in [-0.2, -0.15) is 4.98 Å². The number of pyridine rings is 1. The number of methoxy groups -OCH3 is 1. The van der Waals surface area contributed by atoms with Crippen LogP contribution in [0.25, 0.3) is 0 Å². The topological polar surface area (TPSA) is 60.2 Å². The van der Waals surface area contributed by atoms with Gasteiger partial charge in [-0.05, 0) is 13.0 Å². The Balaban J connectivity index is 1.99. The molecule has 0 radical (unpaired) electrons. The molecule has 0 saturated heterocycles. The van der Waals surface area contributed by atoms with E-state index in [0.717, 1.165) is 17.3 Å². The van der Waals surface area contributed by atoms with E-state index in [-0.39, 0.29) is 0 Å². The van der Waals surface area contributed by atoms with Crippen molar-refractivity contribution in [1.29, 1.82) is 0 Å². The van der Waals surface area contributed by atoms with Gasteiger partial charge in [0.1, 0.15) is 5.82 Å². The fourth-order valence-electron chi connectivity index (χ4n) is 1.30. The summed E-state index contributed by atoms with van der Waals surface area (Å²) in [4.78, 5) is 4.22.